The number of fused-ring (bicyclic) bond motifs is 1. The van der Waals surface area contributed by atoms with Crippen LogP contribution in [-0.2, 0) is 0 Å². The molecule has 1 unspecified atom stereocenters. The maximum absolute atomic E-state index is 15.0. The van der Waals surface area contributed by atoms with Gasteiger partial charge in [0.25, 0.3) is 0 Å². The van der Waals surface area contributed by atoms with Crippen LogP contribution in [0.2, 0.25) is 0 Å². The average Bonchev–Trinajstić information content (AvgIpc) is 3.31. The van der Waals surface area contributed by atoms with Gasteiger partial charge in [-0.1, -0.05) is 0 Å². The monoisotopic (exact) mass is 394 g/mol. The minimum Gasteiger partial charge on any atom is -0.366 e. The Morgan fingerprint density at radius 1 is 1.14 bits per heavy atom. The van der Waals surface area contributed by atoms with E-state index in [1.165, 1.54) is 19.3 Å². The smallest absolute Gasteiger partial charge is 0.123 e. The quantitative estimate of drug-likeness (QED) is 0.862. The summed E-state index contributed by atoms with van der Waals surface area (Å²) in [5.41, 5.74) is 3.13. The molecule has 0 bridgehead atoms. The minimum absolute atomic E-state index is 0.00855. The first kappa shape index (κ1) is 18.7. The molecule has 152 valence electrons. The van der Waals surface area contributed by atoms with Crippen LogP contribution in [0.15, 0.2) is 24.5 Å². The van der Waals surface area contributed by atoms with E-state index in [2.05, 4.69) is 31.2 Å². The van der Waals surface area contributed by atoms with Gasteiger partial charge < -0.3 is 15.1 Å². The van der Waals surface area contributed by atoms with Gasteiger partial charge in [0, 0.05) is 44.5 Å². The zero-order valence-electron chi connectivity index (χ0n) is 16.6. The van der Waals surface area contributed by atoms with Crippen molar-refractivity contribution in [3.05, 3.63) is 30.1 Å². The second-order valence-corrected chi connectivity index (χ2v) is 8.91. The van der Waals surface area contributed by atoms with E-state index in [1.54, 1.807) is 18.5 Å². The molecule has 2 atom stereocenters. The molecule has 2 aromatic rings. The Morgan fingerprint density at radius 3 is 2.72 bits per heavy atom. The number of aromatic nitrogens is 2. The number of nitrogens with one attached hydrogen (secondary N) is 1. The lowest BCUT2D eigenvalue weighted by atomic mass is 9.78. The molecule has 3 fully saturated rings. The summed E-state index contributed by atoms with van der Waals surface area (Å²) >= 11 is 0. The number of piperidine rings is 1. The van der Waals surface area contributed by atoms with Crippen molar-refractivity contribution in [3.63, 3.8) is 0 Å². The van der Waals surface area contributed by atoms with E-state index in [1.807, 2.05) is 6.07 Å². The van der Waals surface area contributed by atoms with E-state index in [0.717, 1.165) is 38.4 Å². The van der Waals surface area contributed by atoms with Crippen LogP contribution in [0.1, 0.15) is 24.8 Å². The highest BCUT2D eigenvalue weighted by molar-refractivity contribution is 5.92. The molecule has 1 aromatic heterocycles. The van der Waals surface area contributed by atoms with Crippen molar-refractivity contribution < 1.29 is 4.39 Å². The van der Waals surface area contributed by atoms with E-state index in [-0.39, 0.29) is 5.92 Å². The summed E-state index contributed by atoms with van der Waals surface area (Å²) in [5.74, 6) is 0.00855. The highest BCUT2D eigenvalue weighted by Gasteiger charge is 2.41. The van der Waals surface area contributed by atoms with Crippen molar-refractivity contribution in [1.82, 2.24) is 20.2 Å². The summed E-state index contributed by atoms with van der Waals surface area (Å²) < 4.78 is 15.0. The molecular weight excluding hydrogens is 367 g/mol. The highest BCUT2D eigenvalue weighted by Crippen LogP contribution is 2.40. The predicted octanol–water partition coefficient (Wildman–Crippen LogP) is 2.35. The maximum Gasteiger partial charge on any atom is 0.123 e. The number of hydrogen-bond donors (Lipinski definition) is 1. The molecule has 3 aliphatic heterocycles. The molecule has 29 heavy (non-hydrogen) atoms. The van der Waals surface area contributed by atoms with Crippen molar-refractivity contribution in [3.8, 4) is 6.07 Å². The van der Waals surface area contributed by atoms with Crippen LogP contribution < -0.4 is 10.2 Å². The lowest BCUT2D eigenvalue weighted by Gasteiger charge is -2.34. The van der Waals surface area contributed by atoms with Crippen LogP contribution in [0.3, 0.4) is 0 Å². The van der Waals surface area contributed by atoms with Crippen LogP contribution in [-0.4, -0.2) is 66.9 Å². The van der Waals surface area contributed by atoms with Crippen molar-refractivity contribution in [2.45, 2.75) is 25.4 Å². The van der Waals surface area contributed by atoms with Crippen LogP contribution in [0.5, 0.6) is 0 Å². The third-order valence-electron chi connectivity index (χ3n) is 7.10. The molecule has 4 heterocycles. The Morgan fingerprint density at radius 2 is 1.93 bits per heavy atom. The van der Waals surface area contributed by atoms with Gasteiger partial charge in [0.1, 0.15) is 23.3 Å². The van der Waals surface area contributed by atoms with Gasteiger partial charge in [0.05, 0.1) is 11.3 Å². The summed E-state index contributed by atoms with van der Waals surface area (Å²) in [7, 11) is 0. The summed E-state index contributed by atoms with van der Waals surface area (Å²) in [6, 6.07) is 5.84. The summed E-state index contributed by atoms with van der Waals surface area (Å²) in [4.78, 5) is 13.4. The van der Waals surface area contributed by atoms with Gasteiger partial charge in [0.15, 0.2) is 0 Å². The zero-order chi connectivity index (χ0) is 19.8. The van der Waals surface area contributed by atoms with Crippen molar-refractivity contribution in [1.29, 1.82) is 5.26 Å². The van der Waals surface area contributed by atoms with Gasteiger partial charge in [-0.3, -0.25) is 9.97 Å². The number of likely N-dealkylation sites (tertiary alicyclic amines) is 1. The largest absolute Gasteiger partial charge is 0.366 e. The Hall–Kier alpha value is -2.30. The topological polar surface area (TPSA) is 68.1 Å². The first-order valence-corrected chi connectivity index (χ1v) is 10.6. The number of nitrogens with zero attached hydrogens (tertiary/aromatic N) is 5. The number of anilines is 1. The van der Waals surface area contributed by atoms with Crippen LogP contribution in [0, 0.1) is 22.7 Å². The van der Waals surface area contributed by atoms with E-state index < -0.39 is 6.17 Å². The lowest BCUT2D eigenvalue weighted by molar-refractivity contribution is 0.168. The number of rotatable bonds is 3. The number of nitriles is 1. The normalized spacial score (nSPS) is 27.0. The Balaban J connectivity index is 1.31. The first-order valence-electron chi connectivity index (χ1n) is 10.6. The molecule has 7 heteroatoms. The maximum atomic E-state index is 15.0. The average molecular weight is 394 g/mol. The number of hydrogen-bond acceptors (Lipinski definition) is 6. The Labute approximate surface area is 170 Å². The molecule has 1 spiro atoms. The fourth-order valence-electron chi connectivity index (χ4n) is 5.47. The molecule has 0 radical (unpaired) electrons. The van der Waals surface area contributed by atoms with Crippen molar-refractivity contribution in [2.24, 2.45) is 11.3 Å². The van der Waals surface area contributed by atoms with Crippen LogP contribution in [0.25, 0.3) is 11.0 Å². The lowest BCUT2D eigenvalue weighted by Crippen LogP contribution is -2.40. The van der Waals surface area contributed by atoms with E-state index in [0.29, 0.717) is 35.1 Å². The molecule has 3 saturated heterocycles. The Kier molecular flexibility index (Phi) is 4.84. The van der Waals surface area contributed by atoms with Gasteiger partial charge >= 0.3 is 0 Å². The molecular formula is C22H27FN6. The van der Waals surface area contributed by atoms with Gasteiger partial charge in [0.2, 0.25) is 0 Å². The fraction of sp³-hybridized carbons (Fsp3) is 0.591. The standard InChI is InChI=1S/C22H27FN6/c23-18-14-29(19-2-1-16(11-24)20-21(19)27-9-8-26-20)13-17(18)12-28-10-5-22(15-28)3-6-25-7-4-22/h1-2,8-9,17-18,25H,3-7,10,12-15H2/t17-,18?/m0/s1. The van der Waals surface area contributed by atoms with Gasteiger partial charge in [-0.25, -0.2) is 4.39 Å². The molecule has 0 amide bonds. The third kappa shape index (κ3) is 3.45. The molecule has 0 aliphatic carbocycles. The number of benzene rings is 1. The van der Waals surface area contributed by atoms with Crippen molar-refractivity contribution >= 4 is 16.7 Å². The minimum atomic E-state index is -0.845. The molecule has 1 N–H and O–H groups in total. The van der Waals surface area contributed by atoms with E-state index >= 15 is 0 Å². The molecule has 5 rings (SSSR count). The van der Waals surface area contributed by atoms with E-state index in [9.17, 15) is 9.65 Å². The summed E-state index contributed by atoms with van der Waals surface area (Å²) in [6.45, 7) is 6.33. The predicted molar refractivity (Wildman–Crippen MR) is 110 cm³/mol. The van der Waals surface area contributed by atoms with Crippen LogP contribution in [0.4, 0.5) is 10.1 Å². The fourth-order valence-corrected chi connectivity index (χ4v) is 5.47. The molecule has 6 nitrogen and oxygen atoms in total. The van der Waals surface area contributed by atoms with Gasteiger partial charge in [-0.05, 0) is 56.4 Å². The van der Waals surface area contributed by atoms with Crippen molar-refractivity contribution in [2.75, 3.05) is 50.7 Å². The number of alkyl halides is 1. The Bertz CT molecular complexity index is 935. The highest BCUT2D eigenvalue weighted by atomic mass is 19.1. The second kappa shape index (κ2) is 7.51. The third-order valence-corrected chi connectivity index (χ3v) is 7.10. The number of halogens is 1. The van der Waals surface area contributed by atoms with Crippen LogP contribution >= 0.6 is 0 Å². The zero-order valence-corrected chi connectivity index (χ0v) is 16.6. The molecule has 0 saturated carbocycles. The van der Waals surface area contributed by atoms with E-state index in [4.69, 9.17) is 0 Å². The van der Waals surface area contributed by atoms with Gasteiger partial charge in [-0.2, -0.15) is 5.26 Å². The summed E-state index contributed by atoms with van der Waals surface area (Å²) in [5, 5.41) is 12.8. The summed E-state index contributed by atoms with van der Waals surface area (Å²) in [6.07, 6.45) is 6.13. The molecule has 3 aliphatic rings. The molecule has 1 aromatic carbocycles. The van der Waals surface area contributed by atoms with Gasteiger partial charge in [-0.15, -0.1) is 0 Å². The SMILES string of the molecule is N#Cc1ccc(N2CC(F)[C@@H](CN3CCC4(CCNCC4)C3)C2)c2nccnc12. The first-order chi connectivity index (χ1) is 14.2. The second-order valence-electron chi connectivity index (χ2n) is 8.91.